The van der Waals surface area contributed by atoms with Crippen LogP contribution in [-0.4, -0.2) is 5.78 Å². The SMILES string of the molecule is C=CC(=O)Cc1cc(Cl)ccc1F. The molecule has 0 saturated heterocycles. The van der Waals surface area contributed by atoms with Gasteiger partial charge >= 0.3 is 0 Å². The third-order valence-corrected chi connectivity index (χ3v) is 1.84. The van der Waals surface area contributed by atoms with Crippen LogP contribution in [0.2, 0.25) is 5.02 Å². The lowest BCUT2D eigenvalue weighted by Crippen LogP contribution is -2.00. The van der Waals surface area contributed by atoms with Crippen LogP contribution in [0.15, 0.2) is 30.9 Å². The van der Waals surface area contributed by atoms with Gasteiger partial charge in [-0.15, -0.1) is 0 Å². The highest BCUT2D eigenvalue weighted by atomic mass is 35.5. The molecule has 0 bridgehead atoms. The van der Waals surface area contributed by atoms with Gasteiger partial charge in [-0.2, -0.15) is 0 Å². The summed E-state index contributed by atoms with van der Waals surface area (Å²) in [6, 6.07) is 4.13. The number of ketones is 1. The number of carbonyl (C=O) groups excluding carboxylic acids is 1. The molecule has 13 heavy (non-hydrogen) atoms. The predicted octanol–water partition coefficient (Wildman–Crippen LogP) is 2.78. The highest BCUT2D eigenvalue weighted by Crippen LogP contribution is 2.15. The summed E-state index contributed by atoms with van der Waals surface area (Å²) < 4.78 is 13.0. The van der Waals surface area contributed by atoms with Crippen molar-refractivity contribution in [1.82, 2.24) is 0 Å². The van der Waals surface area contributed by atoms with E-state index in [9.17, 15) is 9.18 Å². The van der Waals surface area contributed by atoms with Gasteiger partial charge in [-0.25, -0.2) is 4.39 Å². The Bertz CT molecular complexity index is 347. The first-order chi connectivity index (χ1) is 6.13. The first-order valence-corrected chi connectivity index (χ1v) is 4.10. The molecule has 0 fully saturated rings. The van der Waals surface area contributed by atoms with Crippen molar-refractivity contribution in [3.63, 3.8) is 0 Å². The largest absolute Gasteiger partial charge is 0.295 e. The number of hydrogen-bond donors (Lipinski definition) is 0. The van der Waals surface area contributed by atoms with Crippen LogP contribution < -0.4 is 0 Å². The van der Waals surface area contributed by atoms with E-state index in [0.29, 0.717) is 10.6 Å². The lowest BCUT2D eigenvalue weighted by atomic mass is 10.1. The Morgan fingerprint density at radius 2 is 2.31 bits per heavy atom. The van der Waals surface area contributed by atoms with Gasteiger partial charge in [0.25, 0.3) is 0 Å². The van der Waals surface area contributed by atoms with Gasteiger partial charge < -0.3 is 0 Å². The number of rotatable bonds is 3. The van der Waals surface area contributed by atoms with Crippen LogP contribution in [0.3, 0.4) is 0 Å². The Hall–Kier alpha value is -1.15. The van der Waals surface area contributed by atoms with Crippen LogP contribution in [0, 0.1) is 5.82 Å². The Labute approximate surface area is 80.8 Å². The van der Waals surface area contributed by atoms with Crippen molar-refractivity contribution < 1.29 is 9.18 Å². The second-order valence-corrected chi connectivity index (χ2v) is 3.02. The Morgan fingerprint density at radius 1 is 1.62 bits per heavy atom. The smallest absolute Gasteiger partial charge is 0.159 e. The van der Waals surface area contributed by atoms with Crippen LogP contribution in [0.4, 0.5) is 4.39 Å². The maximum Gasteiger partial charge on any atom is 0.159 e. The lowest BCUT2D eigenvalue weighted by molar-refractivity contribution is -0.114. The molecule has 0 atom stereocenters. The van der Waals surface area contributed by atoms with Gasteiger partial charge in [-0.05, 0) is 29.8 Å². The fourth-order valence-electron chi connectivity index (χ4n) is 0.939. The molecule has 0 aliphatic carbocycles. The molecule has 68 valence electrons. The van der Waals surface area contributed by atoms with E-state index >= 15 is 0 Å². The van der Waals surface area contributed by atoms with Crippen LogP contribution in [0.1, 0.15) is 5.56 Å². The molecule has 0 saturated carbocycles. The number of allylic oxidation sites excluding steroid dienone is 1. The van der Waals surface area contributed by atoms with Crippen LogP contribution in [0.5, 0.6) is 0 Å². The molecule has 0 aromatic heterocycles. The number of halogens is 2. The summed E-state index contributed by atoms with van der Waals surface area (Å²) in [5.74, 6) is -0.638. The van der Waals surface area contributed by atoms with Gasteiger partial charge in [0, 0.05) is 11.4 Å². The molecule has 3 heteroatoms. The lowest BCUT2D eigenvalue weighted by Gasteiger charge is -2.00. The zero-order chi connectivity index (χ0) is 9.84. The van der Waals surface area contributed by atoms with Crippen molar-refractivity contribution in [2.24, 2.45) is 0 Å². The minimum Gasteiger partial charge on any atom is -0.295 e. The van der Waals surface area contributed by atoms with Crippen LogP contribution in [0.25, 0.3) is 0 Å². The van der Waals surface area contributed by atoms with E-state index in [0.717, 1.165) is 0 Å². The second kappa shape index (κ2) is 4.19. The normalized spacial score (nSPS) is 9.69. The molecule has 0 amide bonds. The van der Waals surface area contributed by atoms with E-state index in [1.165, 1.54) is 24.3 Å². The minimum absolute atomic E-state index is 0.00981. The van der Waals surface area contributed by atoms with E-state index < -0.39 is 5.82 Å². The number of carbonyl (C=O) groups is 1. The number of hydrogen-bond acceptors (Lipinski definition) is 1. The van der Waals surface area contributed by atoms with Gasteiger partial charge in [0.2, 0.25) is 0 Å². The summed E-state index contributed by atoms with van der Waals surface area (Å²) >= 11 is 5.64. The number of benzene rings is 1. The van der Waals surface area contributed by atoms with Crippen LogP contribution >= 0.6 is 11.6 Å². The summed E-state index contributed by atoms with van der Waals surface area (Å²) in [5.41, 5.74) is 0.303. The monoisotopic (exact) mass is 198 g/mol. The molecule has 0 heterocycles. The summed E-state index contributed by atoms with van der Waals surface area (Å²) in [5, 5.41) is 0.424. The topological polar surface area (TPSA) is 17.1 Å². The molecule has 1 aromatic rings. The maximum absolute atomic E-state index is 13.0. The fourth-order valence-corrected chi connectivity index (χ4v) is 1.13. The average molecular weight is 199 g/mol. The van der Waals surface area contributed by atoms with Crippen molar-refractivity contribution in [1.29, 1.82) is 0 Å². The van der Waals surface area contributed by atoms with Crippen molar-refractivity contribution in [2.45, 2.75) is 6.42 Å². The van der Waals surface area contributed by atoms with E-state index in [-0.39, 0.29) is 12.2 Å². The van der Waals surface area contributed by atoms with E-state index in [2.05, 4.69) is 6.58 Å². The quantitative estimate of drug-likeness (QED) is 0.683. The van der Waals surface area contributed by atoms with Crippen molar-refractivity contribution in [3.8, 4) is 0 Å². The third-order valence-electron chi connectivity index (χ3n) is 1.60. The van der Waals surface area contributed by atoms with Crippen molar-refractivity contribution >= 4 is 17.4 Å². The van der Waals surface area contributed by atoms with Crippen LogP contribution in [-0.2, 0) is 11.2 Å². The Kier molecular flexibility index (Phi) is 3.20. The summed E-state index contributed by atoms with van der Waals surface area (Å²) in [4.78, 5) is 10.9. The molecule has 0 unspecified atom stereocenters. The first kappa shape index (κ1) is 9.93. The summed E-state index contributed by atoms with van der Waals surface area (Å²) in [7, 11) is 0. The Balaban J connectivity index is 2.93. The van der Waals surface area contributed by atoms with E-state index in [1.54, 1.807) is 0 Å². The molecule has 0 spiro atoms. The van der Waals surface area contributed by atoms with Crippen molar-refractivity contribution in [3.05, 3.63) is 47.3 Å². The second-order valence-electron chi connectivity index (χ2n) is 2.58. The fraction of sp³-hybridized carbons (Fsp3) is 0.100. The molecule has 0 radical (unpaired) electrons. The standard InChI is InChI=1S/C10H8ClFO/c1-2-9(13)6-7-5-8(11)3-4-10(7)12/h2-5H,1,6H2. The predicted molar refractivity (Wildman–Crippen MR) is 50.3 cm³/mol. The van der Waals surface area contributed by atoms with Crippen molar-refractivity contribution in [2.75, 3.05) is 0 Å². The average Bonchev–Trinajstić information content (AvgIpc) is 2.11. The van der Waals surface area contributed by atoms with Gasteiger partial charge in [-0.3, -0.25) is 4.79 Å². The Morgan fingerprint density at radius 3 is 2.92 bits per heavy atom. The van der Waals surface area contributed by atoms with Gasteiger partial charge in [0.05, 0.1) is 0 Å². The molecule has 1 nitrogen and oxygen atoms in total. The molecule has 0 aliphatic rings. The molecule has 1 rings (SSSR count). The molecule has 1 aromatic carbocycles. The van der Waals surface area contributed by atoms with Gasteiger partial charge in [0.1, 0.15) is 5.82 Å². The maximum atomic E-state index is 13.0. The summed E-state index contributed by atoms with van der Waals surface area (Å²) in [6.07, 6.45) is 1.18. The minimum atomic E-state index is -0.417. The highest BCUT2D eigenvalue weighted by Gasteiger charge is 2.05. The zero-order valence-corrected chi connectivity index (χ0v) is 7.64. The first-order valence-electron chi connectivity index (χ1n) is 3.72. The zero-order valence-electron chi connectivity index (χ0n) is 6.89. The van der Waals surface area contributed by atoms with Gasteiger partial charge in [0.15, 0.2) is 5.78 Å². The highest BCUT2D eigenvalue weighted by molar-refractivity contribution is 6.30. The van der Waals surface area contributed by atoms with E-state index in [4.69, 9.17) is 11.6 Å². The van der Waals surface area contributed by atoms with Gasteiger partial charge in [-0.1, -0.05) is 18.2 Å². The third kappa shape index (κ3) is 2.67. The molecular weight excluding hydrogens is 191 g/mol. The summed E-state index contributed by atoms with van der Waals surface area (Å²) in [6.45, 7) is 3.30. The molecule has 0 aliphatic heterocycles. The molecule has 0 N–H and O–H groups in total. The molecular formula is C10H8ClFO. The van der Waals surface area contributed by atoms with E-state index in [1.807, 2.05) is 0 Å².